The number of hydrogen-bond donors (Lipinski definition) is 1. The molecule has 0 radical (unpaired) electrons. The number of nitrogens with one attached hydrogen (secondary N) is 1. The fourth-order valence-electron chi connectivity index (χ4n) is 4.30. The van der Waals surface area contributed by atoms with Crippen molar-refractivity contribution in [1.82, 2.24) is 10.2 Å². The number of benzene rings is 2. The normalized spacial score (nSPS) is 15.1. The number of amides is 1. The van der Waals surface area contributed by atoms with E-state index in [0.29, 0.717) is 19.6 Å². The van der Waals surface area contributed by atoms with E-state index >= 15 is 0 Å². The second kappa shape index (κ2) is 11.6. The van der Waals surface area contributed by atoms with E-state index in [1.165, 1.54) is 5.69 Å². The molecule has 1 aliphatic rings. The summed E-state index contributed by atoms with van der Waals surface area (Å²) in [5.41, 5.74) is 2.15. The van der Waals surface area contributed by atoms with Crippen LogP contribution in [0.3, 0.4) is 0 Å². The summed E-state index contributed by atoms with van der Waals surface area (Å²) in [7, 11) is 1.68. The van der Waals surface area contributed by atoms with Crippen LogP contribution in [0.5, 0.6) is 11.5 Å². The third kappa shape index (κ3) is 6.11. The summed E-state index contributed by atoms with van der Waals surface area (Å²) < 4.78 is 16.5. The molecule has 180 valence electrons. The van der Waals surface area contributed by atoms with Gasteiger partial charge in [-0.15, -0.1) is 0 Å². The zero-order chi connectivity index (χ0) is 23.8. The van der Waals surface area contributed by atoms with Crippen LogP contribution in [0.25, 0.3) is 0 Å². The van der Waals surface area contributed by atoms with E-state index in [1.807, 2.05) is 55.5 Å². The van der Waals surface area contributed by atoms with Crippen molar-refractivity contribution in [2.45, 2.75) is 19.4 Å². The third-order valence-corrected chi connectivity index (χ3v) is 6.16. The minimum Gasteiger partial charge on any atom is -0.497 e. The number of methoxy groups -OCH3 is 1. The number of ether oxygens (including phenoxy) is 2. The largest absolute Gasteiger partial charge is 0.497 e. The van der Waals surface area contributed by atoms with Gasteiger partial charge in [-0.05, 0) is 61.0 Å². The molecular weight excluding hydrogens is 430 g/mol. The zero-order valence-corrected chi connectivity index (χ0v) is 19.9. The van der Waals surface area contributed by atoms with E-state index in [4.69, 9.17) is 13.9 Å². The molecule has 1 atom stereocenters. The van der Waals surface area contributed by atoms with Gasteiger partial charge in [0.15, 0.2) is 0 Å². The van der Waals surface area contributed by atoms with Crippen LogP contribution in [0.15, 0.2) is 71.3 Å². The molecule has 1 fully saturated rings. The van der Waals surface area contributed by atoms with Crippen LogP contribution in [-0.2, 0) is 11.2 Å². The molecular formula is C27H33N3O4. The predicted octanol–water partition coefficient (Wildman–Crippen LogP) is 3.91. The van der Waals surface area contributed by atoms with Gasteiger partial charge in [0.05, 0.1) is 32.4 Å². The highest BCUT2D eigenvalue weighted by Crippen LogP contribution is 2.25. The molecule has 1 unspecified atom stereocenters. The van der Waals surface area contributed by atoms with Gasteiger partial charge in [-0.2, -0.15) is 0 Å². The SMILES string of the molecule is CCOc1ccc(CC(=O)NCC(c2ccco2)N2CCN(c3ccc(OC)cc3)CC2)cc1. The van der Waals surface area contributed by atoms with Crippen molar-refractivity contribution >= 4 is 11.6 Å². The number of carbonyl (C=O) groups excluding carboxylic acids is 1. The highest BCUT2D eigenvalue weighted by atomic mass is 16.5. The van der Waals surface area contributed by atoms with Crippen LogP contribution < -0.4 is 19.7 Å². The van der Waals surface area contributed by atoms with E-state index in [2.05, 4.69) is 27.2 Å². The summed E-state index contributed by atoms with van der Waals surface area (Å²) >= 11 is 0. The predicted molar refractivity (Wildman–Crippen MR) is 133 cm³/mol. The monoisotopic (exact) mass is 463 g/mol. The number of furan rings is 1. The molecule has 2 heterocycles. The molecule has 1 amide bonds. The van der Waals surface area contributed by atoms with E-state index in [1.54, 1.807) is 13.4 Å². The van der Waals surface area contributed by atoms with E-state index in [0.717, 1.165) is 49.0 Å². The molecule has 2 aromatic carbocycles. The molecule has 0 aliphatic carbocycles. The van der Waals surface area contributed by atoms with E-state index < -0.39 is 0 Å². The Bertz CT molecular complexity index is 1010. The first-order chi connectivity index (χ1) is 16.7. The first kappa shape index (κ1) is 23.7. The Morgan fingerprint density at radius 3 is 2.32 bits per heavy atom. The lowest BCUT2D eigenvalue weighted by Crippen LogP contribution is -2.50. The van der Waals surface area contributed by atoms with Gasteiger partial charge in [-0.25, -0.2) is 0 Å². The molecule has 1 N–H and O–H groups in total. The van der Waals surface area contributed by atoms with Gasteiger partial charge in [0.25, 0.3) is 0 Å². The van der Waals surface area contributed by atoms with Crippen molar-refractivity contribution in [2.24, 2.45) is 0 Å². The van der Waals surface area contributed by atoms with Crippen molar-refractivity contribution in [1.29, 1.82) is 0 Å². The first-order valence-corrected chi connectivity index (χ1v) is 11.8. The second-order valence-corrected chi connectivity index (χ2v) is 8.31. The van der Waals surface area contributed by atoms with Crippen LogP contribution in [0.4, 0.5) is 5.69 Å². The van der Waals surface area contributed by atoms with Crippen molar-refractivity contribution in [2.75, 3.05) is 51.3 Å². The average molecular weight is 464 g/mol. The standard InChI is InChI=1S/C27H33N3O4/c1-3-33-24-10-6-21(7-11-24)19-27(31)28-20-25(26-5-4-18-34-26)30-16-14-29(15-17-30)22-8-12-23(32-2)13-9-22/h4-13,18,25H,3,14-17,19-20H2,1-2H3,(H,28,31). The molecule has 0 spiro atoms. The van der Waals surface area contributed by atoms with Gasteiger partial charge < -0.3 is 24.1 Å². The Morgan fingerprint density at radius 1 is 1.00 bits per heavy atom. The van der Waals surface area contributed by atoms with Crippen LogP contribution in [0, 0.1) is 0 Å². The lowest BCUT2D eigenvalue weighted by molar-refractivity contribution is -0.120. The van der Waals surface area contributed by atoms with Crippen molar-refractivity contribution in [3.05, 3.63) is 78.3 Å². The lowest BCUT2D eigenvalue weighted by atomic mass is 10.1. The summed E-state index contributed by atoms with van der Waals surface area (Å²) in [6, 6.07) is 19.7. The van der Waals surface area contributed by atoms with Gasteiger partial charge in [-0.3, -0.25) is 9.69 Å². The Hall–Kier alpha value is -3.45. The summed E-state index contributed by atoms with van der Waals surface area (Å²) in [5.74, 6) is 2.55. The average Bonchev–Trinajstić information content (AvgIpc) is 3.41. The number of carbonyl (C=O) groups is 1. The quantitative estimate of drug-likeness (QED) is 0.492. The highest BCUT2D eigenvalue weighted by Gasteiger charge is 2.27. The van der Waals surface area contributed by atoms with Crippen molar-refractivity contribution in [3.63, 3.8) is 0 Å². The number of rotatable bonds is 10. The molecule has 1 saturated heterocycles. The van der Waals surface area contributed by atoms with Gasteiger partial charge in [0.1, 0.15) is 17.3 Å². The van der Waals surface area contributed by atoms with Crippen LogP contribution in [-0.4, -0.2) is 57.2 Å². The summed E-state index contributed by atoms with van der Waals surface area (Å²) in [6.45, 7) is 6.66. The number of hydrogen-bond acceptors (Lipinski definition) is 6. The molecule has 1 aliphatic heterocycles. The molecule has 0 saturated carbocycles. The molecule has 7 nitrogen and oxygen atoms in total. The summed E-state index contributed by atoms with van der Waals surface area (Å²) in [5, 5.41) is 3.11. The maximum Gasteiger partial charge on any atom is 0.224 e. The molecule has 3 aromatic rings. The first-order valence-electron chi connectivity index (χ1n) is 11.8. The Balaban J connectivity index is 1.33. The third-order valence-electron chi connectivity index (χ3n) is 6.16. The molecule has 1 aromatic heterocycles. The van der Waals surface area contributed by atoms with Crippen molar-refractivity contribution in [3.8, 4) is 11.5 Å². The lowest BCUT2D eigenvalue weighted by Gasteiger charge is -2.39. The number of piperazine rings is 1. The Morgan fingerprint density at radius 2 is 1.71 bits per heavy atom. The fourth-order valence-corrected chi connectivity index (χ4v) is 4.30. The van der Waals surface area contributed by atoms with Crippen LogP contribution in [0.2, 0.25) is 0 Å². The molecule has 7 heteroatoms. The topological polar surface area (TPSA) is 67.2 Å². The highest BCUT2D eigenvalue weighted by molar-refractivity contribution is 5.78. The summed E-state index contributed by atoms with van der Waals surface area (Å²) in [6.07, 6.45) is 2.03. The Labute approximate surface area is 201 Å². The zero-order valence-electron chi connectivity index (χ0n) is 19.9. The van der Waals surface area contributed by atoms with Gasteiger partial charge in [0.2, 0.25) is 5.91 Å². The Kier molecular flexibility index (Phi) is 8.09. The maximum atomic E-state index is 12.7. The number of nitrogens with zero attached hydrogens (tertiary/aromatic N) is 2. The fraction of sp³-hybridized carbons (Fsp3) is 0.370. The smallest absolute Gasteiger partial charge is 0.224 e. The molecule has 0 bridgehead atoms. The van der Waals surface area contributed by atoms with Crippen LogP contribution >= 0.6 is 0 Å². The number of anilines is 1. The van der Waals surface area contributed by atoms with Crippen molar-refractivity contribution < 1.29 is 18.7 Å². The minimum atomic E-state index is -0.00250. The molecule has 34 heavy (non-hydrogen) atoms. The van der Waals surface area contributed by atoms with E-state index in [9.17, 15) is 4.79 Å². The van der Waals surface area contributed by atoms with E-state index in [-0.39, 0.29) is 11.9 Å². The molecule has 4 rings (SSSR count). The van der Waals surface area contributed by atoms with Gasteiger partial charge in [-0.1, -0.05) is 12.1 Å². The van der Waals surface area contributed by atoms with Gasteiger partial charge >= 0.3 is 0 Å². The summed E-state index contributed by atoms with van der Waals surface area (Å²) in [4.78, 5) is 17.4. The van der Waals surface area contributed by atoms with Crippen LogP contribution in [0.1, 0.15) is 24.3 Å². The second-order valence-electron chi connectivity index (χ2n) is 8.31. The van der Waals surface area contributed by atoms with Gasteiger partial charge in [0, 0.05) is 38.4 Å². The maximum absolute atomic E-state index is 12.7. The minimum absolute atomic E-state index is 0.00224.